The fraction of sp³-hybridized carbons (Fsp3) is 0.562. The van der Waals surface area contributed by atoms with E-state index < -0.39 is 0 Å². The molecule has 1 aliphatic heterocycles. The lowest BCUT2D eigenvalue weighted by atomic mass is 9.97. The molecule has 5 nitrogen and oxygen atoms in total. The number of benzene rings is 1. The molecule has 0 aliphatic carbocycles. The van der Waals surface area contributed by atoms with Gasteiger partial charge in [0.25, 0.3) is 0 Å². The molecule has 1 heterocycles. The van der Waals surface area contributed by atoms with Crippen molar-refractivity contribution >= 4 is 35.6 Å². The van der Waals surface area contributed by atoms with Crippen LogP contribution in [0.4, 0.5) is 5.69 Å². The number of nitrogens with two attached hydrogens (primary N) is 1. The van der Waals surface area contributed by atoms with Gasteiger partial charge in [0.2, 0.25) is 5.91 Å². The molecule has 0 bridgehead atoms. The minimum Gasteiger partial charge on any atom is -0.495 e. The number of carbonyl (C=O) groups is 1. The van der Waals surface area contributed by atoms with Crippen LogP contribution in [-0.4, -0.2) is 43.1 Å². The highest BCUT2D eigenvalue weighted by Crippen LogP contribution is 2.28. The van der Waals surface area contributed by atoms with Gasteiger partial charge in [-0.15, -0.1) is 12.4 Å². The number of nitrogens with one attached hydrogen (secondary N) is 1. The molecule has 0 aromatic heterocycles. The first kappa shape index (κ1) is 20.0. The first-order valence-corrected chi connectivity index (χ1v) is 8.02. The van der Waals surface area contributed by atoms with E-state index in [0.29, 0.717) is 23.0 Å². The maximum absolute atomic E-state index is 12.3. The van der Waals surface area contributed by atoms with E-state index in [1.165, 1.54) is 6.42 Å². The molecule has 1 fully saturated rings. The maximum Gasteiger partial charge on any atom is 0.238 e. The molecule has 1 aliphatic rings. The zero-order valence-corrected chi connectivity index (χ0v) is 15.1. The van der Waals surface area contributed by atoms with Crippen molar-refractivity contribution in [3.63, 3.8) is 0 Å². The van der Waals surface area contributed by atoms with Gasteiger partial charge < -0.3 is 15.8 Å². The third kappa shape index (κ3) is 5.53. The van der Waals surface area contributed by atoms with Crippen molar-refractivity contribution in [3.8, 4) is 5.75 Å². The number of anilines is 1. The van der Waals surface area contributed by atoms with E-state index in [1.54, 1.807) is 25.3 Å². The smallest absolute Gasteiger partial charge is 0.238 e. The number of hydrogen-bond donors (Lipinski definition) is 2. The molecule has 2 atom stereocenters. The molecule has 1 saturated heterocycles. The van der Waals surface area contributed by atoms with Crippen molar-refractivity contribution < 1.29 is 9.53 Å². The predicted octanol–water partition coefficient (Wildman–Crippen LogP) is 2.91. The Morgan fingerprint density at radius 3 is 2.91 bits per heavy atom. The van der Waals surface area contributed by atoms with Gasteiger partial charge in [-0.1, -0.05) is 18.0 Å². The second kappa shape index (κ2) is 9.33. The second-order valence-electron chi connectivity index (χ2n) is 5.79. The van der Waals surface area contributed by atoms with Crippen molar-refractivity contribution in [1.82, 2.24) is 4.90 Å². The van der Waals surface area contributed by atoms with E-state index in [0.717, 1.165) is 19.4 Å². The number of carbonyl (C=O) groups excluding carboxylic acids is 1. The average molecular weight is 362 g/mol. The summed E-state index contributed by atoms with van der Waals surface area (Å²) < 4.78 is 5.24. The molecule has 1 amide bonds. The summed E-state index contributed by atoms with van der Waals surface area (Å²) in [6.45, 7) is 3.25. The zero-order chi connectivity index (χ0) is 16.1. The van der Waals surface area contributed by atoms with Crippen molar-refractivity contribution in [2.24, 2.45) is 5.73 Å². The monoisotopic (exact) mass is 361 g/mol. The van der Waals surface area contributed by atoms with E-state index in [2.05, 4.69) is 10.2 Å². The summed E-state index contributed by atoms with van der Waals surface area (Å²) in [5, 5.41) is 3.44. The van der Waals surface area contributed by atoms with E-state index in [4.69, 9.17) is 22.1 Å². The van der Waals surface area contributed by atoms with Crippen LogP contribution < -0.4 is 15.8 Å². The number of likely N-dealkylation sites (tertiary alicyclic amines) is 1. The molecule has 7 heteroatoms. The standard InChI is InChI=1S/C16H24ClN3O2.ClH/c1-11(18)14-5-3-4-8-20(14)10-16(21)19-13-9-12(17)6-7-15(13)22-2;/h6-7,9,11,14H,3-5,8,10,18H2,1-2H3,(H,19,21);1H. The lowest BCUT2D eigenvalue weighted by molar-refractivity contribution is -0.118. The summed E-state index contributed by atoms with van der Waals surface area (Å²) in [7, 11) is 1.57. The molecular formula is C16H25Cl2N3O2. The molecule has 0 saturated carbocycles. The fourth-order valence-electron chi connectivity index (χ4n) is 2.96. The van der Waals surface area contributed by atoms with E-state index in [1.807, 2.05) is 6.92 Å². The Balaban J connectivity index is 0.00000264. The quantitative estimate of drug-likeness (QED) is 0.845. The van der Waals surface area contributed by atoms with Crippen molar-refractivity contribution in [3.05, 3.63) is 23.2 Å². The normalized spacial score (nSPS) is 19.6. The van der Waals surface area contributed by atoms with Gasteiger partial charge in [0.15, 0.2) is 0 Å². The molecule has 1 aromatic rings. The Morgan fingerprint density at radius 2 is 2.26 bits per heavy atom. The van der Waals surface area contributed by atoms with Gasteiger partial charge >= 0.3 is 0 Å². The average Bonchev–Trinajstić information content (AvgIpc) is 2.47. The summed E-state index contributed by atoms with van der Waals surface area (Å²) >= 11 is 5.98. The fourth-order valence-corrected chi connectivity index (χ4v) is 3.13. The summed E-state index contributed by atoms with van der Waals surface area (Å²) in [4.78, 5) is 14.5. The zero-order valence-electron chi connectivity index (χ0n) is 13.5. The Hall–Kier alpha value is -1.01. The molecular weight excluding hydrogens is 337 g/mol. The van der Waals surface area contributed by atoms with E-state index >= 15 is 0 Å². The molecule has 0 spiro atoms. The number of piperidine rings is 1. The predicted molar refractivity (Wildman–Crippen MR) is 96.7 cm³/mol. The Labute approximate surface area is 148 Å². The minimum absolute atomic E-state index is 0. The highest BCUT2D eigenvalue weighted by molar-refractivity contribution is 6.31. The Morgan fingerprint density at radius 1 is 1.52 bits per heavy atom. The first-order valence-electron chi connectivity index (χ1n) is 7.64. The summed E-state index contributed by atoms with van der Waals surface area (Å²) in [6, 6.07) is 5.49. The van der Waals surface area contributed by atoms with Gasteiger partial charge in [-0.2, -0.15) is 0 Å². The van der Waals surface area contributed by atoms with Crippen molar-refractivity contribution in [2.45, 2.75) is 38.3 Å². The van der Waals surface area contributed by atoms with Gasteiger partial charge in [-0.05, 0) is 44.5 Å². The number of ether oxygens (including phenoxy) is 1. The van der Waals surface area contributed by atoms with Gasteiger partial charge in [-0.25, -0.2) is 0 Å². The number of amides is 1. The number of halogens is 2. The lowest BCUT2D eigenvalue weighted by Gasteiger charge is -2.37. The highest BCUT2D eigenvalue weighted by Gasteiger charge is 2.27. The Kier molecular flexibility index (Phi) is 8.12. The van der Waals surface area contributed by atoms with Crippen LogP contribution in [0.25, 0.3) is 0 Å². The molecule has 0 radical (unpaired) electrons. The number of nitrogens with zero attached hydrogens (tertiary/aromatic N) is 1. The van der Waals surface area contributed by atoms with Crippen LogP contribution in [0.3, 0.4) is 0 Å². The molecule has 3 N–H and O–H groups in total. The minimum atomic E-state index is -0.0758. The lowest BCUT2D eigenvalue weighted by Crippen LogP contribution is -2.51. The molecule has 23 heavy (non-hydrogen) atoms. The van der Waals surface area contributed by atoms with Gasteiger partial charge in [0.1, 0.15) is 5.75 Å². The number of hydrogen-bond acceptors (Lipinski definition) is 4. The number of rotatable bonds is 5. The summed E-state index contributed by atoms with van der Waals surface area (Å²) in [5.41, 5.74) is 6.63. The van der Waals surface area contributed by atoms with E-state index in [9.17, 15) is 4.79 Å². The third-order valence-corrected chi connectivity index (χ3v) is 4.29. The second-order valence-corrected chi connectivity index (χ2v) is 6.22. The van der Waals surface area contributed by atoms with Crippen LogP contribution in [0.15, 0.2) is 18.2 Å². The summed E-state index contributed by atoms with van der Waals surface area (Å²) in [5.74, 6) is 0.522. The molecule has 1 aromatic carbocycles. The van der Waals surface area contributed by atoms with Crippen LogP contribution in [0.5, 0.6) is 5.75 Å². The van der Waals surface area contributed by atoms with E-state index in [-0.39, 0.29) is 30.4 Å². The topological polar surface area (TPSA) is 67.6 Å². The number of methoxy groups -OCH3 is 1. The van der Waals surface area contributed by atoms with Crippen LogP contribution in [-0.2, 0) is 4.79 Å². The maximum atomic E-state index is 12.3. The van der Waals surface area contributed by atoms with Gasteiger partial charge in [0, 0.05) is 17.1 Å². The highest BCUT2D eigenvalue weighted by atomic mass is 35.5. The molecule has 130 valence electrons. The Bertz CT molecular complexity index is 526. The van der Waals surface area contributed by atoms with Crippen molar-refractivity contribution in [2.75, 3.05) is 25.5 Å². The third-order valence-electron chi connectivity index (χ3n) is 4.05. The molecule has 2 unspecified atom stereocenters. The van der Waals surface area contributed by atoms with Crippen LogP contribution in [0.2, 0.25) is 5.02 Å². The molecule has 2 rings (SSSR count). The van der Waals surface area contributed by atoms with Crippen molar-refractivity contribution in [1.29, 1.82) is 0 Å². The van der Waals surface area contributed by atoms with Gasteiger partial charge in [0.05, 0.1) is 19.3 Å². The van der Waals surface area contributed by atoms with Gasteiger partial charge in [-0.3, -0.25) is 9.69 Å². The summed E-state index contributed by atoms with van der Waals surface area (Å²) in [6.07, 6.45) is 3.33. The largest absolute Gasteiger partial charge is 0.495 e. The SMILES string of the molecule is COc1ccc(Cl)cc1NC(=O)CN1CCCCC1C(C)N.Cl. The van der Waals surface area contributed by atoms with Crippen LogP contribution >= 0.6 is 24.0 Å². The first-order chi connectivity index (χ1) is 10.5. The van der Waals surface area contributed by atoms with Crippen LogP contribution in [0.1, 0.15) is 26.2 Å². The van der Waals surface area contributed by atoms with Crippen LogP contribution in [0, 0.1) is 0 Å².